The van der Waals surface area contributed by atoms with Crippen molar-refractivity contribution in [3.8, 4) is 0 Å². The molecule has 1 saturated carbocycles. The predicted molar refractivity (Wildman–Crippen MR) is 70.7 cm³/mol. The van der Waals surface area contributed by atoms with E-state index in [1.807, 2.05) is 0 Å². The Hall–Kier alpha value is -0.810. The van der Waals surface area contributed by atoms with E-state index in [1.165, 1.54) is 19.3 Å². The maximum Gasteiger partial charge on any atom is 0.208 e. The van der Waals surface area contributed by atoms with Crippen molar-refractivity contribution in [3.63, 3.8) is 0 Å². The summed E-state index contributed by atoms with van der Waals surface area (Å²) in [4.78, 5) is 9.40. The van der Waals surface area contributed by atoms with E-state index in [0.29, 0.717) is 0 Å². The molecular formula is C12H25N5. The molecule has 1 aliphatic heterocycles. The highest BCUT2D eigenvalue weighted by Crippen LogP contribution is 2.27. The van der Waals surface area contributed by atoms with E-state index in [2.05, 4.69) is 27.1 Å². The number of nitrogens with zero attached hydrogens (tertiary/aromatic N) is 3. The minimum atomic E-state index is 0.869. The smallest absolute Gasteiger partial charge is 0.208 e. The quantitative estimate of drug-likeness (QED) is 0.245. The van der Waals surface area contributed by atoms with E-state index < -0.39 is 0 Å². The van der Waals surface area contributed by atoms with Crippen molar-refractivity contribution in [1.29, 1.82) is 0 Å². The molecule has 0 atom stereocenters. The molecule has 0 aromatic carbocycles. The Kier molecular flexibility index (Phi) is 4.62. The van der Waals surface area contributed by atoms with Crippen LogP contribution in [0.25, 0.3) is 0 Å². The number of hydrogen-bond acceptors (Lipinski definition) is 3. The van der Waals surface area contributed by atoms with Gasteiger partial charge in [0.05, 0.1) is 0 Å². The molecule has 0 spiro atoms. The van der Waals surface area contributed by atoms with Gasteiger partial charge in [0.1, 0.15) is 0 Å². The molecule has 2 rings (SSSR count). The molecule has 0 amide bonds. The molecule has 0 radical (unpaired) electrons. The van der Waals surface area contributed by atoms with Crippen LogP contribution in [-0.2, 0) is 0 Å². The predicted octanol–water partition coefficient (Wildman–Crippen LogP) is 0.386. The van der Waals surface area contributed by atoms with Gasteiger partial charge in [-0.25, -0.2) is 5.84 Å². The molecule has 1 aliphatic carbocycles. The highest BCUT2D eigenvalue weighted by Gasteiger charge is 2.31. The Morgan fingerprint density at radius 1 is 1.29 bits per heavy atom. The summed E-state index contributed by atoms with van der Waals surface area (Å²) >= 11 is 0. The van der Waals surface area contributed by atoms with Crippen molar-refractivity contribution in [2.24, 2.45) is 10.8 Å². The van der Waals surface area contributed by atoms with E-state index in [4.69, 9.17) is 5.84 Å². The molecule has 0 bridgehead atoms. The molecular weight excluding hydrogens is 214 g/mol. The fraction of sp³-hybridized carbons (Fsp3) is 0.917. The Morgan fingerprint density at radius 3 is 2.53 bits per heavy atom. The molecule has 2 fully saturated rings. The van der Waals surface area contributed by atoms with E-state index >= 15 is 0 Å². The molecule has 3 N–H and O–H groups in total. The van der Waals surface area contributed by atoms with Crippen LogP contribution >= 0.6 is 0 Å². The molecule has 98 valence electrons. The molecule has 5 heteroatoms. The molecule has 2 aliphatic rings. The van der Waals surface area contributed by atoms with Gasteiger partial charge >= 0.3 is 0 Å². The van der Waals surface area contributed by atoms with Gasteiger partial charge in [-0.05, 0) is 19.3 Å². The molecule has 0 aromatic rings. The number of nitrogens with two attached hydrogens (primary N) is 1. The van der Waals surface area contributed by atoms with Gasteiger partial charge in [-0.15, -0.1) is 0 Å². The molecule has 17 heavy (non-hydrogen) atoms. The monoisotopic (exact) mass is 239 g/mol. The van der Waals surface area contributed by atoms with Crippen LogP contribution in [0.15, 0.2) is 4.99 Å². The zero-order valence-electron chi connectivity index (χ0n) is 10.9. The first-order valence-corrected chi connectivity index (χ1v) is 6.85. The number of rotatable bonds is 4. The second-order valence-corrected chi connectivity index (χ2v) is 4.96. The van der Waals surface area contributed by atoms with Gasteiger partial charge in [0.25, 0.3) is 0 Å². The summed E-state index contributed by atoms with van der Waals surface area (Å²) < 4.78 is 0. The topological polar surface area (TPSA) is 56.9 Å². The van der Waals surface area contributed by atoms with Crippen molar-refractivity contribution < 1.29 is 0 Å². The third kappa shape index (κ3) is 3.57. The summed E-state index contributed by atoms with van der Waals surface area (Å²) in [6.07, 6.45) is 5.10. The third-order valence-electron chi connectivity index (χ3n) is 3.58. The molecule has 5 nitrogen and oxygen atoms in total. The number of hydrogen-bond donors (Lipinski definition) is 2. The summed E-state index contributed by atoms with van der Waals surface area (Å²) in [6.45, 7) is 7.45. The lowest BCUT2D eigenvalue weighted by atomic mass is 10.3. The van der Waals surface area contributed by atoms with Gasteiger partial charge in [-0.1, -0.05) is 13.3 Å². The third-order valence-corrected chi connectivity index (χ3v) is 3.58. The maximum atomic E-state index is 5.56. The van der Waals surface area contributed by atoms with E-state index in [0.717, 1.165) is 51.1 Å². The Morgan fingerprint density at radius 2 is 2.00 bits per heavy atom. The van der Waals surface area contributed by atoms with Gasteiger partial charge in [0.15, 0.2) is 0 Å². The first kappa shape index (κ1) is 12.6. The van der Waals surface area contributed by atoms with Crippen molar-refractivity contribution >= 4 is 5.96 Å². The summed E-state index contributed by atoms with van der Waals surface area (Å²) in [7, 11) is 0. The average Bonchev–Trinajstić information content (AvgIpc) is 3.19. The van der Waals surface area contributed by atoms with Crippen molar-refractivity contribution in [3.05, 3.63) is 0 Å². The second-order valence-electron chi connectivity index (χ2n) is 4.96. The van der Waals surface area contributed by atoms with Crippen molar-refractivity contribution in [2.75, 3.05) is 32.7 Å². The van der Waals surface area contributed by atoms with Crippen LogP contribution in [0.3, 0.4) is 0 Å². The van der Waals surface area contributed by atoms with Crippen LogP contribution in [-0.4, -0.2) is 54.5 Å². The zero-order valence-corrected chi connectivity index (χ0v) is 10.9. The van der Waals surface area contributed by atoms with Crippen molar-refractivity contribution in [1.82, 2.24) is 15.2 Å². The Balaban J connectivity index is 1.78. The molecule has 1 heterocycles. The highest BCUT2D eigenvalue weighted by molar-refractivity contribution is 5.79. The number of piperazine rings is 1. The Labute approximate surface area is 104 Å². The number of nitrogens with one attached hydrogen (secondary N) is 1. The first-order chi connectivity index (χ1) is 8.35. The zero-order chi connectivity index (χ0) is 12.1. The number of guanidine groups is 1. The van der Waals surface area contributed by atoms with Crippen LogP contribution in [0, 0.1) is 0 Å². The van der Waals surface area contributed by atoms with Gasteiger partial charge in [0.2, 0.25) is 5.96 Å². The van der Waals surface area contributed by atoms with Crippen molar-refractivity contribution in [2.45, 2.75) is 38.6 Å². The van der Waals surface area contributed by atoms with E-state index in [1.54, 1.807) is 0 Å². The van der Waals surface area contributed by atoms with Gasteiger partial charge < -0.3 is 4.90 Å². The SMILES string of the molecule is CCCCN=C(NN)N1CCN(C2CC2)CC1. The van der Waals surface area contributed by atoms with Crippen LogP contribution in [0.4, 0.5) is 0 Å². The average molecular weight is 239 g/mol. The summed E-state index contributed by atoms with van der Waals surface area (Å²) in [5.74, 6) is 6.43. The molecule has 0 unspecified atom stereocenters. The fourth-order valence-corrected chi connectivity index (χ4v) is 2.32. The molecule has 0 aromatic heterocycles. The number of unbranched alkanes of at least 4 members (excludes halogenated alkanes) is 1. The number of hydrazine groups is 1. The maximum absolute atomic E-state index is 5.56. The largest absolute Gasteiger partial charge is 0.339 e. The minimum Gasteiger partial charge on any atom is -0.339 e. The van der Waals surface area contributed by atoms with Crippen LogP contribution in [0.1, 0.15) is 32.6 Å². The summed E-state index contributed by atoms with van der Waals surface area (Å²) in [6, 6.07) is 0.878. The molecule has 1 saturated heterocycles. The van der Waals surface area contributed by atoms with Gasteiger partial charge in [-0.2, -0.15) is 0 Å². The second kappa shape index (κ2) is 6.21. The minimum absolute atomic E-state index is 0.869. The lowest BCUT2D eigenvalue weighted by Gasteiger charge is -2.36. The van der Waals surface area contributed by atoms with Gasteiger partial charge in [0, 0.05) is 38.8 Å². The summed E-state index contributed by atoms with van der Waals surface area (Å²) in [5, 5.41) is 0. The summed E-state index contributed by atoms with van der Waals surface area (Å²) in [5.41, 5.74) is 2.75. The highest BCUT2D eigenvalue weighted by atomic mass is 15.4. The lowest BCUT2D eigenvalue weighted by Crippen LogP contribution is -2.54. The number of aliphatic imine (C=N–C) groups is 1. The van der Waals surface area contributed by atoms with E-state index in [-0.39, 0.29) is 0 Å². The van der Waals surface area contributed by atoms with Crippen LogP contribution in [0.5, 0.6) is 0 Å². The lowest BCUT2D eigenvalue weighted by molar-refractivity contribution is 0.171. The standard InChI is InChI=1S/C12H25N5/c1-2-3-6-14-12(15-13)17-9-7-16(8-10-17)11-4-5-11/h11H,2-10,13H2,1H3,(H,14,15). The normalized spacial score (nSPS) is 22.9. The van der Waals surface area contributed by atoms with Crippen LogP contribution in [0.2, 0.25) is 0 Å². The fourth-order valence-electron chi connectivity index (χ4n) is 2.32. The first-order valence-electron chi connectivity index (χ1n) is 6.85. The van der Waals surface area contributed by atoms with Crippen LogP contribution < -0.4 is 11.3 Å². The van der Waals surface area contributed by atoms with E-state index in [9.17, 15) is 0 Å². The van der Waals surface area contributed by atoms with Gasteiger partial charge in [-0.3, -0.25) is 15.3 Å². The Bertz CT molecular complexity index is 254.